The lowest BCUT2D eigenvalue weighted by molar-refractivity contribution is -0.134. The topological polar surface area (TPSA) is 147 Å². The fourth-order valence-electron chi connectivity index (χ4n) is 3.38. The molecule has 10 nitrogen and oxygen atoms in total. The number of furan rings is 1. The maximum Gasteiger partial charge on any atom is 0.261 e. The van der Waals surface area contributed by atoms with E-state index in [1.165, 1.54) is 49.7 Å². The second-order valence-corrected chi connectivity index (χ2v) is 8.75. The summed E-state index contributed by atoms with van der Waals surface area (Å²) < 4.78 is 33.6. The monoisotopic (exact) mass is 442 g/mol. The molecule has 3 aromatic rings. The number of rotatable bonds is 5. The summed E-state index contributed by atoms with van der Waals surface area (Å²) in [6.45, 7) is 1.34. The molecule has 1 aliphatic rings. The van der Waals surface area contributed by atoms with Crippen LogP contribution in [0.1, 0.15) is 31.2 Å². The molecule has 0 bridgehead atoms. The first-order valence-electron chi connectivity index (χ1n) is 9.34. The van der Waals surface area contributed by atoms with Crippen LogP contribution in [-0.4, -0.2) is 31.1 Å². The van der Waals surface area contributed by atoms with Crippen LogP contribution in [0.25, 0.3) is 11.0 Å². The Morgan fingerprint density at radius 2 is 2.03 bits per heavy atom. The van der Waals surface area contributed by atoms with Gasteiger partial charge in [-0.1, -0.05) is 0 Å². The largest absolute Gasteiger partial charge is 0.464 e. The van der Waals surface area contributed by atoms with E-state index < -0.39 is 21.8 Å². The molecule has 2 aromatic heterocycles. The average molecular weight is 442 g/mol. The van der Waals surface area contributed by atoms with Crippen LogP contribution in [0, 0.1) is 0 Å². The zero-order valence-corrected chi connectivity index (χ0v) is 17.2. The number of imide groups is 1. The Bertz CT molecular complexity index is 1300. The van der Waals surface area contributed by atoms with E-state index in [2.05, 4.69) is 20.3 Å². The summed E-state index contributed by atoms with van der Waals surface area (Å²) in [7, 11) is -3.96. The van der Waals surface area contributed by atoms with Crippen molar-refractivity contribution in [1.29, 1.82) is 0 Å². The molecule has 3 amide bonds. The highest BCUT2D eigenvalue weighted by Gasteiger charge is 2.31. The lowest BCUT2D eigenvalue weighted by Gasteiger charge is -2.19. The minimum absolute atomic E-state index is 0.0270. The number of nitrogens with one attached hydrogen (secondary N) is 3. The lowest BCUT2D eigenvalue weighted by Crippen LogP contribution is -2.39. The van der Waals surface area contributed by atoms with Gasteiger partial charge in [0.1, 0.15) is 11.4 Å². The molecule has 0 spiro atoms. The summed E-state index contributed by atoms with van der Waals surface area (Å²) >= 11 is 0. The molecule has 1 fully saturated rings. The van der Waals surface area contributed by atoms with Crippen molar-refractivity contribution in [3.05, 3.63) is 48.4 Å². The maximum absolute atomic E-state index is 12.9. The lowest BCUT2D eigenvalue weighted by atomic mass is 9.90. The van der Waals surface area contributed by atoms with E-state index in [4.69, 9.17) is 4.42 Å². The Balaban J connectivity index is 1.62. The summed E-state index contributed by atoms with van der Waals surface area (Å²) in [5, 5.41) is 5.27. The Morgan fingerprint density at radius 1 is 1.23 bits per heavy atom. The highest BCUT2D eigenvalue weighted by atomic mass is 32.2. The molecular weight excluding hydrogens is 424 g/mol. The first-order valence-corrected chi connectivity index (χ1v) is 10.8. The number of sulfonamides is 1. The van der Waals surface area contributed by atoms with Gasteiger partial charge in [-0.3, -0.25) is 24.4 Å². The van der Waals surface area contributed by atoms with Gasteiger partial charge < -0.3 is 9.73 Å². The Hall–Kier alpha value is -3.73. The van der Waals surface area contributed by atoms with E-state index >= 15 is 0 Å². The van der Waals surface area contributed by atoms with Crippen molar-refractivity contribution < 1.29 is 27.2 Å². The van der Waals surface area contributed by atoms with Gasteiger partial charge in [0, 0.05) is 24.3 Å². The van der Waals surface area contributed by atoms with Gasteiger partial charge in [0.25, 0.3) is 10.0 Å². The second-order valence-electron chi connectivity index (χ2n) is 7.07. The third-order valence-corrected chi connectivity index (χ3v) is 6.20. The van der Waals surface area contributed by atoms with E-state index in [0.29, 0.717) is 28.8 Å². The number of piperidine rings is 1. The van der Waals surface area contributed by atoms with E-state index in [-0.39, 0.29) is 28.8 Å². The van der Waals surface area contributed by atoms with Gasteiger partial charge in [-0.05, 0) is 36.8 Å². The molecule has 1 aliphatic heterocycles. The molecule has 1 saturated heterocycles. The predicted octanol–water partition coefficient (Wildman–Crippen LogP) is 2.11. The number of carbonyl (C=O) groups excluding carboxylic acids is 3. The van der Waals surface area contributed by atoms with Crippen LogP contribution in [-0.2, 0) is 24.4 Å². The highest BCUT2D eigenvalue weighted by molar-refractivity contribution is 7.92. The number of fused-ring (bicyclic) bond motifs is 1. The number of benzene rings is 1. The van der Waals surface area contributed by atoms with Crippen LogP contribution >= 0.6 is 0 Å². The normalized spacial score (nSPS) is 16.7. The molecule has 160 valence electrons. The molecule has 1 atom stereocenters. The molecule has 1 unspecified atom stereocenters. The summed E-state index contributed by atoms with van der Waals surface area (Å²) in [4.78, 5) is 38.7. The predicted molar refractivity (Wildman–Crippen MR) is 111 cm³/mol. The quantitative estimate of drug-likeness (QED) is 0.513. The molecule has 0 radical (unpaired) electrons. The number of carbonyl (C=O) groups is 3. The third-order valence-electron chi connectivity index (χ3n) is 4.82. The van der Waals surface area contributed by atoms with Crippen molar-refractivity contribution in [2.24, 2.45) is 0 Å². The van der Waals surface area contributed by atoms with Crippen LogP contribution in [0.15, 0.2) is 52.1 Å². The van der Waals surface area contributed by atoms with Crippen LogP contribution < -0.4 is 15.4 Å². The zero-order valence-electron chi connectivity index (χ0n) is 16.3. The Kier molecular flexibility index (Phi) is 5.19. The standard InChI is InChI=1S/C20H18N4O6S/c1-11(25)22-18-6-2-12(9-21-18)24-31(28,29)13-3-5-17-15(8-13)16(10-30-17)14-4-7-19(26)23-20(14)27/h2-3,5-6,8-10,14,24H,4,7H2,1H3,(H,21,22,25)(H,23,26,27). The van der Waals surface area contributed by atoms with E-state index in [9.17, 15) is 22.8 Å². The van der Waals surface area contributed by atoms with Crippen molar-refractivity contribution in [3.8, 4) is 0 Å². The van der Waals surface area contributed by atoms with Crippen LogP contribution in [0.2, 0.25) is 0 Å². The molecule has 0 saturated carbocycles. The molecule has 3 N–H and O–H groups in total. The SMILES string of the molecule is CC(=O)Nc1ccc(NS(=O)(=O)c2ccc3occ(C4CCC(=O)NC4=O)c3c2)cn1. The van der Waals surface area contributed by atoms with E-state index in [1.54, 1.807) is 0 Å². The van der Waals surface area contributed by atoms with Gasteiger partial charge in [-0.25, -0.2) is 13.4 Å². The minimum Gasteiger partial charge on any atom is -0.464 e. The smallest absolute Gasteiger partial charge is 0.261 e. The summed E-state index contributed by atoms with van der Waals surface area (Å²) in [5.41, 5.74) is 1.17. The minimum atomic E-state index is -3.96. The van der Waals surface area contributed by atoms with Crippen molar-refractivity contribution >= 4 is 50.2 Å². The van der Waals surface area contributed by atoms with Crippen molar-refractivity contribution in [2.45, 2.75) is 30.6 Å². The average Bonchev–Trinajstić information content (AvgIpc) is 3.12. The van der Waals surface area contributed by atoms with Gasteiger partial charge in [0.15, 0.2) is 0 Å². The summed E-state index contributed by atoms with van der Waals surface area (Å²) in [5.74, 6) is -1.36. The Labute approximate surface area is 177 Å². The van der Waals surface area contributed by atoms with Crippen LogP contribution in [0.4, 0.5) is 11.5 Å². The van der Waals surface area contributed by atoms with Crippen LogP contribution in [0.3, 0.4) is 0 Å². The summed E-state index contributed by atoms with van der Waals surface area (Å²) in [6, 6.07) is 7.28. The van der Waals surface area contributed by atoms with Crippen molar-refractivity contribution in [2.75, 3.05) is 10.0 Å². The maximum atomic E-state index is 12.9. The first kappa shape index (κ1) is 20.5. The number of pyridine rings is 1. The molecule has 31 heavy (non-hydrogen) atoms. The summed E-state index contributed by atoms with van der Waals surface area (Å²) in [6.07, 6.45) is 3.22. The van der Waals surface area contributed by atoms with Gasteiger partial charge in [-0.2, -0.15) is 0 Å². The van der Waals surface area contributed by atoms with Crippen LogP contribution in [0.5, 0.6) is 0 Å². The van der Waals surface area contributed by atoms with E-state index in [1.807, 2.05) is 0 Å². The van der Waals surface area contributed by atoms with Crippen molar-refractivity contribution in [3.63, 3.8) is 0 Å². The third kappa shape index (κ3) is 4.26. The van der Waals surface area contributed by atoms with E-state index in [0.717, 1.165) is 0 Å². The number of nitrogens with zero attached hydrogens (tertiary/aromatic N) is 1. The molecular formula is C20H18N4O6S. The first-order chi connectivity index (χ1) is 14.7. The number of amides is 3. The van der Waals surface area contributed by atoms with Gasteiger partial charge >= 0.3 is 0 Å². The number of anilines is 2. The molecule has 0 aliphatic carbocycles. The number of hydrogen-bond acceptors (Lipinski definition) is 7. The van der Waals surface area contributed by atoms with Gasteiger partial charge in [-0.15, -0.1) is 0 Å². The molecule has 4 rings (SSSR count). The zero-order chi connectivity index (χ0) is 22.2. The fourth-order valence-corrected chi connectivity index (χ4v) is 4.45. The molecule has 1 aromatic carbocycles. The molecule has 11 heteroatoms. The van der Waals surface area contributed by atoms with Gasteiger partial charge in [0.2, 0.25) is 17.7 Å². The highest BCUT2D eigenvalue weighted by Crippen LogP contribution is 2.34. The molecule has 3 heterocycles. The fraction of sp³-hybridized carbons (Fsp3) is 0.200. The van der Waals surface area contributed by atoms with Crippen molar-refractivity contribution in [1.82, 2.24) is 10.3 Å². The Morgan fingerprint density at radius 3 is 2.71 bits per heavy atom. The number of aromatic nitrogens is 1. The van der Waals surface area contributed by atoms with Gasteiger partial charge in [0.05, 0.1) is 29.0 Å². The number of hydrogen-bond donors (Lipinski definition) is 3. The second kappa shape index (κ2) is 7.84.